The molecule has 0 spiro atoms. The van der Waals surface area contributed by atoms with Crippen LogP contribution in [0.2, 0.25) is 0 Å². The third-order valence-corrected chi connectivity index (χ3v) is 4.15. The first kappa shape index (κ1) is 15.0. The molecule has 0 aliphatic heterocycles. The van der Waals surface area contributed by atoms with E-state index in [1.807, 2.05) is 41.9 Å². The van der Waals surface area contributed by atoms with Gasteiger partial charge in [0, 0.05) is 19.2 Å². The average molecular weight is 292 g/mol. The highest BCUT2D eigenvalue weighted by Crippen LogP contribution is 2.22. The summed E-state index contributed by atoms with van der Waals surface area (Å²) in [5.74, 6) is 1.70. The van der Waals surface area contributed by atoms with E-state index in [0.717, 1.165) is 28.7 Å². The zero-order valence-electron chi connectivity index (χ0n) is 11.6. The largest absolute Gasteiger partial charge is 0.388 e. The molecule has 0 radical (unpaired) electrons. The maximum Gasteiger partial charge on any atom is 0.190 e. The van der Waals surface area contributed by atoms with Crippen molar-refractivity contribution in [2.45, 2.75) is 24.1 Å². The lowest BCUT2D eigenvalue weighted by molar-refractivity contribution is 0.175. The van der Waals surface area contributed by atoms with Gasteiger partial charge in [0.25, 0.3) is 0 Å². The van der Waals surface area contributed by atoms with Gasteiger partial charge < -0.3 is 15.4 Å². The molecule has 0 amide bonds. The van der Waals surface area contributed by atoms with Crippen LogP contribution in [-0.4, -0.2) is 32.2 Å². The molecule has 20 heavy (non-hydrogen) atoms. The minimum atomic E-state index is -0.430. The molecule has 1 atom stereocenters. The Bertz CT molecular complexity index is 529. The van der Waals surface area contributed by atoms with Crippen LogP contribution < -0.4 is 5.73 Å². The summed E-state index contributed by atoms with van der Waals surface area (Å²) in [6, 6.07) is 9.71. The molecule has 6 heteroatoms. The van der Waals surface area contributed by atoms with E-state index in [0.29, 0.717) is 13.0 Å². The van der Waals surface area contributed by atoms with E-state index in [1.54, 1.807) is 11.8 Å². The summed E-state index contributed by atoms with van der Waals surface area (Å²) in [4.78, 5) is 0. The van der Waals surface area contributed by atoms with E-state index in [-0.39, 0.29) is 0 Å². The third-order valence-electron chi connectivity index (χ3n) is 3.10. The van der Waals surface area contributed by atoms with Crippen molar-refractivity contribution >= 4 is 11.8 Å². The summed E-state index contributed by atoms with van der Waals surface area (Å²) in [6.07, 6.45) is 0.991. The van der Waals surface area contributed by atoms with Crippen molar-refractivity contribution in [1.29, 1.82) is 0 Å². The standard InChI is InChI=1S/C14H20N4OS/c1-18-13(7-9-15)16-17-14(18)20-10-8-12(19)11-5-3-2-4-6-11/h2-6,12,19H,7-10,15H2,1H3/t12-/m1/s1. The van der Waals surface area contributed by atoms with Crippen LogP contribution in [0.5, 0.6) is 0 Å². The Morgan fingerprint density at radius 3 is 2.75 bits per heavy atom. The van der Waals surface area contributed by atoms with Gasteiger partial charge in [0.1, 0.15) is 5.82 Å². The molecule has 1 aromatic heterocycles. The summed E-state index contributed by atoms with van der Waals surface area (Å²) < 4.78 is 1.96. The molecule has 2 rings (SSSR count). The average Bonchev–Trinajstić information content (AvgIpc) is 2.82. The van der Waals surface area contributed by atoms with Crippen LogP contribution in [-0.2, 0) is 13.5 Å². The van der Waals surface area contributed by atoms with Crippen LogP contribution in [0.3, 0.4) is 0 Å². The number of hydrogen-bond acceptors (Lipinski definition) is 5. The SMILES string of the molecule is Cn1c(CCN)nnc1SCC[C@@H](O)c1ccccc1. The van der Waals surface area contributed by atoms with Gasteiger partial charge >= 0.3 is 0 Å². The van der Waals surface area contributed by atoms with E-state index >= 15 is 0 Å². The van der Waals surface area contributed by atoms with Gasteiger partial charge in [-0.2, -0.15) is 0 Å². The lowest BCUT2D eigenvalue weighted by Crippen LogP contribution is -2.08. The Hall–Kier alpha value is -1.37. The summed E-state index contributed by atoms with van der Waals surface area (Å²) in [5.41, 5.74) is 6.48. The van der Waals surface area contributed by atoms with Crippen LogP contribution in [0.1, 0.15) is 23.9 Å². The van der Waals surface area contributed by atoms with Crippen LogP contribution in [0.4, 0.5) is 0 Å². The van der Waals surface area contributed by atoms with Crippen molar-refractivity contribution in [3.63, 3.8) is 0 Å². The minimum Gasteiger partial charge on any atom is -0.388 e. The van der Waals surface area contributed by atoms with Gasteiger partial charge in [0.05, 0.1) is 6.10 Å². The van der Waals surface area contributed by atoms with Crippen molar-refractivity contribution in [2.24, 2.45) is 12.8 Å². The van der Waals surface area contributed by atoms with Crippen LogP contribution in [0.25, 0.3) is 0 Å². The highest BCUT2D eigenvalue weighted by molar-refractivity contribution is 7.99. The van der Waals surface area contributed by atoms with Crippen molar-refractivity contribution in [1.82, 2.24) is 14.8 Å². The Kier molecular flexibility index (Phi) is 5.58. The number of nitrogens with zero attached hydrogens (tertiary/aromatic N) is 3. The van der Waals surface area contributed by atoms with Crippen LogP contribution >= 0.6 is 11.8 Å². The fourth-order valence-corrected chi connectivity index (χ4v) is 2.84. The monoisotopic (exact) mass is 292 g/mol. The minimum absolute atomic E-state index is 0.430. The quantitative estimate of drug-likeness (QED) is 0.757. The number of aromatic nitrogens is 3. The predicted molar refractivity (Wildman–Crippen MR) is 80.5 cm³/mol. The number of aliphatic hydroxyl groups is 1. The molecule has 0 bridgehead atoms. The zero-order chi connectivity index (χ0) is 14.4. The molecule has 5 nitrogen and oxygen atoms in total. The lowest BCUT2D eigenvalue weighted by atomic mass is 10.1. The van der Waals surface area contributed by atoms with Gasteiger partial charge in [-0.05, 0) is 18.5 Å². The van der Waals surface area contributed by atoms with E-state index in [1.165, 1.54) is 0 Å². The molecule has 0 saturated heterocycles. The molecule has 1 heterocycles. The smallest absolute Gasteiger partial charge is 0.190 e. The topological polar surface area (TPSA) is 77.0 Å². The first-order chi connectivity index (χ1) is 9.72. The summed E-state index contributed by atoms with van der Waals surface area (Å²) in [7, 11) is 1.95. The second-order valence-electron chi connectivity index (χ2n) is 4.56. The second-order valence-corrected chi connectivity index (χ2v) is 5.62. The molecule has 2 aromatic rings. The third kappa shape index (κ3) is 3.82. The molecule has 0 aliphatic rings. The lowest BCUT2D eigenvalue weighted by Gasteiger charge is -2.10. The highest BCUT2D eigenvalue weighted by Gasteiger charge is 2.11. The van der Waals surface area contributed by atoms with Crippen LogP contribution in [0.15, 0.2) is 35.5 Å². The Morgan fingerprint density at radius 1 is 1.30 bits per heavy atom. The van der Waals surface area contributed by atoms with Crippen molar-refractivity contribution < 1.29 is 5.11 Å². The van der Waals surface area contributed by atoms with Gasteiger partial charge in [-0.3, -0.25) is 0 Å². The normalized spacial score (nSPS) is 12.6. The number of hydrogen-bond donors (Lipinski definition) is 2. The number of aliphatic hydroxyl groups excluding tert-OH is 1. The van der Waals surface area contributed by atoms with Gasteiger partial charge in [-0.15, -0.1) is 10.2 Å². The molecule has 0 fully saturated rings. The fourth-order valence-electron chi connectivity index (χ4n) is 1.92. The maximum absolute atomic E-state index is 10.1. The number of benzene rings is 1. The molecular weight excluding hydrogens is 272 g/mol. The van der Waals surface area contributed by atoms with Gasteiger partial charge in [-0.25, -0.2) is 0 Å². The van der Waals surface area contributed by atoms with E-state index in [2.05, 4.69) is 10.2 Å². The second kappa shape index (κ2) is 7.42. The summed E-state index contributed by atoms with van der Waals surface area (Å²) in [5, 5.41) is 19.2. The van der Waals surface area contributed by atoms with E-state index in [9.17, 15) is 5.11 Å². The number of rotatable bonds is 7. The van der Waals surface area contributed by atoms with Crippen molar-refractivity contribution in [2.75, 3.05) is 12.3 Å². The Balaban J connectivity index is 1.84. The van der Waals surface area contributed by atoms with Crippen molar-refractivity contribution in [3.8, 4) is 0 Å². The van der Waals surface area contributed by atoms with Gasteiger partial charge in [-0.1, -0.05) is 42.1 Å². The summed E-state index contributed by atoms with van der Waals surface area (Å²) >= 11 is 1.61. The molecule has 0 unspecified atom stereocenters. The molecule has 0 aliphatic carbocycles. The molecule has 0 saturated carbocycles. The van der Waals surface area contributed by atoms with Gasteiger partial charge in [0.2, 0.25) is 0 Å². The van der Waals surface area contributed by atoms with Crippen LogP contribution in [0, 0.1) is 0 Å². The molecule has 1 aromatic carbocycles. The predicted octanol–water partition coefficient (Wildman–Crippen LogP) is 1.53. The van der Waals surface area contributed by atoms with Gasteiger partial charge in [0.15, 0.2) is 5.16 Å². The number of thioether (sulfide) groups is 1. The Labute approximate surface area is 123 Å². The molecular formula is C14H20N4OS. The number of nitrogens with two attached hydrogens (primary N) is 1. The highest BCUT2D eigenvalue weighted by atomic mass is 32.2. The zero-order valence-corrected chi connectivity index (χ0v) is 12.4. The first-order valence-electron chi connectivity index (χ1n) is 6.66. The Morgan fingerprint density at radius 2 is 2.05 bits per heavy atom. The first-order valence-corrected chi connectivity index (χ1v) is 7.65. The van der Waals surface area contributed by atoms with E-state index < -0.39 is 6.10 Å². The fraction of sp³-hybridized carbons (Fsp3) is 0.429. The molecule has 108 valence electrons. The van der Waals surface area contributed by atoms with Crippen molar-refractivity contribution in [3.05, 3.63) is 41.7 Å². The van der Waals surface area contributed by atoms with E-state index in [4.69, 9.17) is 5.73 Å². The molecule has 3 N–H and O–H groups in total. The summed E-state index contributed by atoms with van der Waals surface area (Å²) in [6.45, 7) is 0.573. The maximum atomic E-state index is 10.1.